The summed E-state index contributed by atoms with van der Waals surface area (Å²) in [7, 11) is 0. The Labute approximate surface area is 123 Å². The molecular weight excluding hydrogens is 260 g/mol. The second kappa shape index (κ2) is 4.93. The average molecular weight is 276 g/mol. The van der Waals surface area contributed by atoms with Crippen molar-refractivity contribution in [1.82, 2.24) is 9.97 Å². The Balaban J connectivity index is 1.96. The van der Waals surface area contributed by atoms with Crippen LogP contribution in [0, 0.1) is 0 Å². The highest BCUT2D eigenvalue weighted by Gasteiger charge is 2.26. The third-order valence-electron chi connectivity index (χ3n) is 4.08. The zero-order valence-corrected chi connectivity index (χ0v) is 11.7. The highest BCUT2D eigenvalue weighted by Crippen LogP contribution is 2.44. The molecule has 0 unspecified atom stereocenters. The largest absolute Gasteiger partial charge is 0.392 e. The van der Waals surface area contributed by atoms with Gasteiger partial charge >= 0.3 is 0 Å². The first-order chi connectivity index (χ1) is 10.3. The van der Waals surface area contributed by atoms with E-state index in [2.05, 4.69) is 17.1 Å². The van der Waals surface area contributed by atoms with Gasteiger partial charge in [0.2, 0.25) is 0 Å². The van der Waals surface area contributed by atoms with Gasteiger partial charge in [0.15, 0.2) is 0 Å². The maximum atomic E-state index is 9.34. The van der Waals surface area contributed by atoms with Crippen molar-refractivity contribution in [2.45, 2.75) is 25.4 Å². The minimum atomic E-state index is 0.0515. The Kier molecular flexibility index (Phi) is 2.93. The van der Waals surface area contributed by atoms with Crippen molar-refractivity contribution in [1.29, 1.82) is 0 Å². The molecule has 1 aliphatic carbocycles. The van der Waals surface area contributed by atoms with E-state index in [0.717, 1.165) is 22.3 Å². The number of hydrogen-bond donors (Lipinski definition) is 1. The molecule has 3 heteroatoms. The lowest BCUT2D eigenvalue weighted by atomic mass is 10.0. The third kappa shape index (κ3) is 2.30. The molecule has 0 atom stereocenters. The first-order valence-electron chi connectivity index (χ1n) is 7.30. The van der Waals surface area contributed by atoms with Crippen LogP contribution in [0.2, 0.25) is 0 Å². The van der Waals surface area contributed by atoms with Gasteiger partial charge in [0.1, 0.15) is 0 Å². The van der Waals surface area contributed by atoms with E-state index in [-0.39, 0.29) is 6.61 Å². The first-order valence-corrected chi connectivity index (χ1v) is 7.30. The van der Waals surface area contributed by atoms with E-state index < -0.39 is 0 Å². The predicted molar refractivity (Wildman–Crippen MR) is 82.9 cm³/mol. The molecule has 0 radical (unpaired) electrons. The van der Waals surface area contributed by atoms with Crippen LogP contribution in [-0.4, -0.2) is 15.1 Å². The van der Waals surface area contributed by atoms with Gasteiger partial charge in [-0.2, -0.15) is 0 Å². The Morgan fingerprint density at radius 1 is 1.05 bits per heavy atom. The average Bonchev–Trinajstić information content (AvgIpc) is 3.39. The van der Waals surface area contributed by atoms with Crippen LogP contribution in [0.3, 0.4) is 0 Å². The Morgan fingerprint density at radius 2 is 1.86 bits per heavy atom. The van der Waals surface area contributed by atoms with Crippen LogP contribution in [0.5, 0.6) is 0 Å². The number of rotatable bonds is 3. The molecule has 0 spiro atoms. The monoisotopic (exact) mass is 276 g/mol. The maximum Gasteiger partial charge on any atom is 0.0716 e. The molecule has 1 aromatic carbocycles. The van der Waals surface area contributed by atoms with E-state index in [1.54, 1.807) is 12.4 Å². The minimum Gasteiger partial charge on any atom is -0.392 e. The molecule has 0 saturated heterocycles. The van der Waals surface area contributed by atoms with Crippen LogP contribution in [0.15, 0.2) is 48.8 Å². The van der Waals surface area contributed by atoms with E-state index in [9.17, 15) is 5.11 Å². The van der Waals surface area contributed by atoms with Gasteiger partial charge in [-0.15, -0.1) is 0 Å². The van der Waals surface area contributed by atoms with E-state index in [1.165, 1.54) is 23.8 Å². The van der Waals surface area contributed by atoms with E-state index >= 15 is 0 Å². The second-order valence-electron chi connectivity index (χ2n) is 5.62. The molecule has 2 heterocycles. The molecule has 1 fully saturated rings. The summed E-state index contributed by atoms with van der Waals surface area (Å²) in [4.78, 5) is 8.86. The van der Waals surface area contributed by atoms with Crippen molar-refractivity contribution in [3.05, 3.63) is 59.9 Å². The van der Waals surface area contributed by atoms with Gasteiger partial charge in [0, 0.05) is 23.3 Å². The van der Waals surface area contributed by atoms with Gasteiger partial charge in [-0.1, -0.05) is 12.1 Å². The predicted octanol–water partition coefficient (Wildman–Crippen LogP) is 3.67. The van der Waals surface area contributed by atoms with Crippen molar-refractivity contribution in [2.24, 2.45) is 0 Å². The van der Waals surface area contributed by atoms with Crippen molar-refractivity contribution in [2.75, 3.05) is 0 Å². The molecule has 3 aromatic rings. The summed E-state index contributed by atoms with van der Waals surface area (Å²) in [5, 5.41) is 10.6. The SMILES string of the molecule is OCc1ccc2c(C3CC3)cc(-c3ccncc3)nc2c1. The molecule has 1 aliphatic rings. The Morgan fingerprint density at radius 3 is 2.57 bits per heavy atom. The summed E-state index contributed by atoms with van der Waals surface area (Å²) in [5.41, 5.74) is 5.34. The number of benzene rings is 1. The van der Waals surface area contributed by atoms with Gasteiger partial charge in [-0.25, -0.2) is 4.98 Å². The number of pyridine rings is 2. The molecule has 1 N–H and O–H groups in total. The van der Waals surface area contributed by atoms with E-state index in [1.807, 2.05) is 24.3 Å². The fourth-order valence-electron chi connectivity index (χ4n) is 2.80. The highest BCUT2D eigenvalue weighted by atomic mass is 16.3. The fourth-order valence-corrected chi connectivity index (χ4v) is 2.80. The minimum absolute atomic E-state index is 0.0515. The summed E-state index contributed by atoms with van der Waals surface area (Å²) in [6.07, 6.45) is 6.11. The lowest BCUT2D eigenvalue weighted by molar-refractivity contribution is 0.282. The van der Waals surface area contributed by atoms with Crippen molar-refractivity contribution >= 4 is 10.9 Å². The fraction of sp³-hybridized carbons (Fsp3) is 0.222. The Hall–Kier alpha value is -2.26. The van der Waals surface area contributed by atoms with Gasteiger partial charge in [0.05, 0.1) is 17.8 Å². The molecule has 4 rings (SSSR count). The molecule has 1 saturated carbocycles. The highest BCUT2D eigenvalue weighted by molar-refractivity contribution is 5.86. The topological polar surface area (TPSA) is 46.0 Å². The maximum absolute atomic E-state index is 9.34. The second-order valence-corrected chi connectivity index (χ2v) is 5.62. The number of aliphatic hydroxyl groups excluding tert-OH is 1. The summed E-state index contributed by atoms with van der Waals surface area (Å²) in [6.45, 7) is 0.0515. The zero-order valence-electron chi connectivity index (χ0n) is 11.7. The molecule has 21 heavy (non-hydrogen) atoms. The van der Waals surface area contributed by atoms with E-state index in [4.69, 9.17) is 4.98 Å². The standard InChI is InChI=1S/C18H16N2O/c21-11-12-1-4-15-16(13-2-3-13)10-17(20-18(15)9-12)14-5-7-19-8-6-14/h1,4-10,13,21H,2-3,11H2. The number of hydrogen-bond acceptors (Lipinski definition) is 3. The molecule has 0 aliphatic heterocycles. The molecular formula is C18H16N2O. The van der Waals surface area contributed by atoms with E-state index in [0.29, 0.717) is 5.92 Å². The lowest BCUT2D eigenvalue weighted by Crippen LogP contribution is -1.93. The van der Waals surface area contributed by atoms with Gasteiger partial charge in [-0.05, 0) is 54.2 Å². The van der Waals surface area contributed by atoms with Gasteiger partial charge < -0.3 is 5.11 Å². The normalized spacial score (nSPS) is 14.5. The smallest absolute Gasteiger partial charge is 0.0716 e. The van der Waals surface area contributed by atoms with Crippen LogP contribution < -0.4 is 0 Å². The molecule has 0 bridgehead atoms. The van der Waals surface area contributed by atoms with Crippen LogP contribution in [0.1, 0.15) is 29.9 Å². The summed E-state index contributed by atoms with van der Waals surface area (Å²) in [5.74, 6) is 0.663. The first kappa shape index (κ1) is 12.5. The number of nitrogens with zero attached hydrogens (tertiary/aromatic N) is 2. The van der Waals surface area contributed by atoms with Crippen molar-refractivity contribution in [3.63, 3.8) is 0 Å². The summed E-state index contributed by atoms with van der Waals surface area (Å²) < 4.78 is 0. The quantitative estimate of drug-likeness (QED) is 0.794. The van der Waals surface area contributed by atoms with Crippen LogP contribution in [0.25, 0.3) is 22.2 Å². The number of aromatic nitrogens is 2. The van der Waals surface area contributed by atoms with Crippen LogP contribution >= 0.6 is 0 Å². The molecule has 3 nitrogen and oxygen atoms in total. The third-order valence-corrected chi connectivity index (χ3v) is 4.08. The van der Waals surface area contributed by atoms with Crippen LogP contribution in [0.4, 0.5) is 0 Å². The summed E-state index contributed by atoms with van der Waals surface area (Å²) >= 11 is 0. The van der Waals surface area contributed by atoms with Crippen molar-refractivity contribution in [3.8, 4) is 11.3 Å². The molecule has 2 aromatic heterocycles. The number of aliphatic hydroxyl groups is 1. The zero-order chi connectivity index (χ0) is 14.2. The molecule has 0 amide bonds. The lowest BCUT2D eigenvalue weighted by Gasteiger charge is -2.10. The molecule has 104 valence electrons. The van der Waals surface area contributed by atoms with Gasteiger partial charge in [0.25, 0.3) is 0 Å². The summed E-state index contributed by atoms with van der Waals surface area (Å²) in [6, 6.07) is 12.3. The van der Waals surface area contributed by atoms with Gasteiger partial charge in [-0.3, -0.25) is 4.98 Å². The van der Waals surface area contributed by atoms with Crippen molar-refractivity contribution < 1.29 is 5.11 Å². The van der Waals surface area contributed by atoms with Crippen LogP contribution in [-0.2, 0) is 6.61 Å². The Bertz CT molecular complexity index is 795. The number of fused-ring (bicyclic) bond motifs is 1.